The molecule has 0 bridgehead atoms. The molecule has 0 fully saturated rings. The van der Waals surface area contributed by atoms with Gasteiger partial charge < -0.3 is 14.5 Å². The Labute approximate surface area is 193 Å². The standard InChI is InChI=1S/C22H22IN3O3S/c1-14-10-17(23)7-9-19(14)24-20(27)13-30-22-26-25-21(29-22)12-28-18-8-6-15-4-2-3-5-16(15)11-18/h6-11H,2-5,12-13H2,1H3,(H,24,27). The lowest BCUT2D eigenvalue weighted by molar-refractivity contribution is -0.113. The Kier molecular flexibility index (Phi) is 6.93. The van der Waals surface area contributed by atoms with Crippen molar-refractivity contribution in [2.24, 2.45) is 0 Å². The number of amides is 1. The smallest absolute Gasteiger partial charge is 0.277 e. The van der Waals surface area contributed by atoms with E-state index < -0.39 is 0 Å². The SMILES string of the molecule is Cc1cc(I)ccc1NC(=O)CSc1nnc(COc2ccc3c(c2)CCCC3)o1. The Morgan fingerprint density at radius 3 is 2.83 bits per heavy atom. The summed E-state index contributed by atoms with van der Waals surface area (Å²) in [6, 6.07) is 12.1. The van der Waals surface area contributed by atoms with Gasteiger partial charge in [0.05, 0.1) is 5.75 Å². The second-order valence-corrected chi connectivity index (χ2v) is 9.36. The summed E-state index contributed by atoms with van der Waals surface area (Å²) in [5.41, 5.74) is 4.63. The Morgan fingerprint density at radius 2 is 2.00 bits per heavy atom. The van der Waals surface area contributed by atoms with Crippen LogP contribution in [-0.4, -0.2) is 21.9 Å². The van der Waals surface area contributed by atoms with Crippen LogP contribution < -0.4 is 10.1 Å². The van der Waals surface area contributed by atoms with Gasteiger partial charge >= 0.3 is 0 Å². The molecule has 6 nitrogen and oxygen atoms in total. The number of carbonyl (C=O) groups excluding carboxylic acids is 1. The minimum Gasteiger partial charge on any atom is -0.484 e. The third-order valence-electron chi connectivity index (χ3n) is 4.92. The Morgan fingerprint density at radius 1 is 1.17 bits per heavy atom. The van der Waals surface area contributed by atoms with Gasteiger partial charge in [0.25, 0.3) is 11.1 Å². The normalized spacial score (nSPS) is 13.0. The molecule has 4 rings (SSSR count). The van der Waals surface area contributed by atoms with Crippen LogP contribution in [0.3, 0.4) is 0 Å². The summed E-state index contributed by atoms with van der Waals surface area (Å²) >= 11 is 3.46. The summed E-state index contributed by atoms with van der Waals surface area (Å²) in [7, 11) is 0. The fourth-order valence-corrected chi connectivity index (χ4v) is 4.61. The van der Waals surface area contributed by atoms with Crippen LogP contribution in [0.2, 0.25) is 0 Å². The number of aryl methyl sites for hydroxylation is 3. The summed E-state index contributed by atoms with van der Waals surface area (Å²) in [5.74, 6) is 1.28. The minimum atomic E-state index is -0.116. The Hall–Kier alpha value is -2.07. The van der Waals surface area contributed by atoms with E-state index in [1.807, 2.05) is 31.2 Å². The maximum absolute atomic E-state index is 12.2. The van der Waals surface area contributed by atoms with Crippen LogP contribution >= 0.6 is 34.4 Å². The zero-order valence-corrected chi connectivity index (χ0v) is 19.6. The van der Waals surface area contributed by atoms with Crippen molar-refractivity contribution in [3.05, 3.63) is 62.5 Å². The zero-order chi connectivity index (χ0) is 20.9. The molecule has 0 radical (unpaired) electrons. The van der Waals surface area contributed by atoms with E-state index in [2.05, 4.69) is 50.2 Å². The lowest BCUT2D eigenvalue weighted by atomic mass is 9.92. The first-order chi connectivity index (χ1) is 14.6. The predicted molar refractivity (Wildman–Crippen MR) is 125 cm³/mol. The lowest BCUT2D eigenvalue weighted by Crippen LogP contribution is -2.14. The number of carbonyl (C=O) groups is 1. The number of hydrogen-bond acceptors (Lipinski definition) is 6. The van der Waals surface area contributed by atoms with Gasteiger partial charge in [-0.05, 0) is 102 Å². The summed E-state index contributed by atoms with van der Waals surface area (Å²) in [5, 5.41) is 11.3. The van der Waals surface area contributed by atoms with Gasteiger partial charge in [-0.15, -0.1) is 10.2 Å². The average molecular weight is 535 g/mol. The van der Waals surface area contributed by atoms with Gasteiger partial charge in [-0.25, -0.2) is 0 Å². The highest BCUT2D eigenvalue weighted by Gasteiger charge is 2.13. The molecule has 0 saturated carbocycles. The lowest BCUT2D eigenvalue weighted by Gasteiger charge is -2.16. The van der Waals surface area contributed by atoms with Gasteiger partial charge in [0.2, 0.25) is 5.91 Å². The number of nitrogens with one attached hydrogen (secondary N) is 1. The summed E-state index contributed by atoms with van der Waals surface area (Å²) in [6.07, 6.45) is 4.75. The maximum atomic E-state index is 12.2. The second kappa shape index (κ2) is 9.82. The molecule has 0 atom stereocenters. The number of thioether (sulfide) groups is 1. The summed E-state index contributed by atoms with van der Waals surface area (Å²) < 4.78 is 12.5. The van der Waals surface area contributed by atoms with Crippen molar-refractivity contribution >= 4 is 45.9 Å². The summed E-state index contributed by atoms with van der Waals surface area (Å²) in [4.78, 5) is 12.2. The van der Waals surface area contributed by atoms with Gasteiger partial charge in [-0.2, -0.15) is 0 Å². The van der Waals surface area contributed by atoms with E-state index in [-0.39, 0.29) is 18.3 Å². The van der Waals surface area contributed by atoms with E-state index in [0.717, 1.165) is 33.4 Å². The fraction of sp³-hybridized carbons (Fsp3) is 0.318. The zero-order valence-electron chi connectivity index (χ0n) is 16.6. The third kappa shape index (κ3) is 5.54. The van der Waals surface area contributed by atoms with Crippen LogP contribution in [0.4, 0.5) is 5.69 Å². The van der Waals surface area contributed by atoms with Crippen LogP contribution in [0.1, 0.15) is 35.4 Å². The molecule has 30 heavy (non-hydrogen) atoms. The molecule has 0 saturated heterocycles. The molecule has 8 heteroatoms. The van der Waals surface area contributed by atoms with Crippen molar-refractivity contribution < 1.29 is 13.9 Å². The highest BCUT2D eigenvalue weighted by atomic mass is 127. The quantitative estimate of drug-likeness (QED) is 0.332. The number of aromatic nitrogens is 2. The van der Waals surface area contributed by atoms with Crippen LogP contribution in [0.15, 0.2) is 46.0 Å². The molecule has 3 aromatic rings. The maximum Gasteiger partial charge on any atom is 0.277 e. The molecule has 1 heterocycles. The Balaban J connectivity index is 1.26. The molecular formula is C22H22IN3O3S. The number of hydrogen-bond donors (Lipinski definition) is 1. The largest absolute Gasteiger partial charge is 0.484 e. The molecule has 2 aromatic carbocycles. The predicted octanol–water partition coefficient (Wildman–Crippen LogP) is 5.17. The summed E-state index contributed by atoms with van der Waals surface area (Å²) in [6.45, 7) is 2.18. The van der Waals surface area contributed by atoms with Crippen molar-refractivity contribution in [3.8, 4) is 5.75 Å². The van der Waals surface area contributed by atoms with E-state index in [1.165, 1.54) is 35.7 Å². The van der Waals surface area contributed by atoms with E-state index in [9.17, 15) is 4.79 Å². The topological polar surface area (TPSA) is 77.2 Å². The van der Waals surface area contributed by atoms with Gasteiger partial charge in [0.1, 0.15) is 5.75 Å². The number of benzene rings is 2. The molecular weight excluding hydrogens is 513 g/mol. The molecule has 1 aliphatic rings. The molecule has 0 unspecified atom stereocenters. The molecule has 1 amide bonds. The highest BCUT2D eigenvalue weighted by Crippen LogP contribution is 2.26. The molecule has 1 N–H and O–H groups in total. The average Bonchev–Trinajstić information content (AvgIpc) is 3.20. The van der Waals surface area contributed by atoms with Gasteiger partial charge in [0.15, 0.2) is 6.61 Å². The first kappa shape index (κ1) is 21.2. The van der Waals surface area contributed by atoms with E-state index >= 15 is 0 Å². The Bertz CT molecular complexity index is 1050. The number of nitrogens with zero attached hydrogens (tertiary/aromatic N) is 2. The number of rotatable bonds is 7. The van der Waals surface area contributed by atoms with Crippen LogP contribution in [0.25, 0.3) is 0 Å². The fourth-order valence-electron chi connectivity index (χ4n) is 3.38. The number of fused-ring (bicyclic) bond motifs is 1. The van der Waals surface area contributed by atoms with Crippen molar-refractivity contribution in [2.45, 2.75) is 44.4 Å². The molecule has 156 valence electrons. The number of ether oxygens (including phenoxy) is 1. The second-order valence-electron chi connectivity index (χ2n) is 7.18. The molecule has 0 aliphatic heterocycles. The van der Waals surface area contributed by atoms with Crippen molar-refractivity contribution in [1.82, 2.24) is 10.2 Å². The number of halogens is 1. The highest BCUT2D eigenvalue weighted by molar-refractivity contribution is 14.1. The minimum absolute atomic E-state index is 0.116. The van der Waals surface area contributed by atoms with E-state index in [0.29, 0.717) is 11.1 Å². The van der Waals surface area contributed by atoms with Crippen LogP contribution in [0, 0.1) is 10.5 Å². The van der Waals surface area contributed by atoms with E-state index in [4.69, 9.17) is 9.15 Å². The van der Waals surface area contributed by atoms with Crippen molar-refractivity contribution in [1.29, 1.82) is 0 Å². The third-order valence-corrected chi connectivity index (χ3v) is 6.41. The van der Waals surface area contributed by atoms with Crippen molar-refractivity contribution in [2.75, 3.05) is 11.1 Å². The van der Waals surface area contributed by atoms with Crippen molar-refractivity contribution in [3.63, 3.8) is 0 Å². The monoisotopic (exact) mass is 535 g/mol. The van der Waals surface area contributed by atoms with Gasteiger partial charge in [-0.3, -0.25) is 4.79 Å². The van der Waals surface area contributed by atoms with Gasteiger partial charge in [-0.1, -0.05) is 17.8 Å². The van der Waals surface area contributed by atoms with E-state index in [1.54, 1.807) is 0 Å². The first-order valence-electron chi connectivity index (χ1n) is 9.82. The van der Waals surface area contributed by atoms with Crippen LogP contribution in [-0.2, 0) is 24.2 Å². The first-order valence-corrected chi connectivity index (χ1v) is 11.9. The number of anilines is 1. The molecule has 0 spiro atoms. The molecule has 1 aliphatic carbocycles. The van der Waals surface area contributed by atoms with Crippen LogP contribution in [0.5, 0.6) is 5.75 Å². The molecule has 1 aromatic heterocycles. The van der Waals surface area contributed by atoms with Gasteiger partial charge in [0, 0.05) is 9.26 Å².